The molecule has 12 heavy (non-hydrogen) atoms. The molecule has 1 heterocycles. The average molecular weight is 165 g/mol. The fraction of sp³-hybridized carbons (Fsp3) is 0.778. The highest BCUT2D eigenvalue weighted by Gasteiger charge is 2.29. The Morgan fingerprint density at radius 3 is 2.42 bits per heavy atom. The van der Waals surface area contributed by atoms with Crippen molar-refractivity contribution < 1.29 is 0 Å². The Hall–Kier alpha value is -0.860. The molecule has 0 spiro atoms. The SMILES string of the molecule is CC(C)c1nnc(C2CC2)n1C. The van der Waals surface area contributed by atoms with E-state index < -0.39 is 0 Å². The van der Waals surface area contributed by atoms with Gasteiger partial charge in [-0.25, -0.2) is 0 Å². The van der Waals surface area contributed by atoms with Crippen LogP contribution in [0.3, 0.4) is 0 Å². The molecule has 66 valence electrons. The molecule has 2 rings (SSSR count). The maximum Gasteiger partial charge on any atom is 0.135 e. The molecule has 0 radical (unpaired) electrons. The van der Waals surface area contributed by atoms with Gasteiger partial charge < -0.3 is 4.57 Å². The van der Waals surface area contributed by atoms with Crippen molar-refractivity contribution in [1.29, 1.82) is 0 Å². The summed E-state index contributed by atoms with van der Waals surface area (Å²) in [5.74, 6) is 3.47. The van der Waals surface area contributed by atoms with Crippen LogP contribution in [0.25, 0.3) is 0 Å². The van der Waals surface area contributed by atoms with Gasteiger partial charge in [-0.3, -0.25) is 0 Å². The minimum absolute atomic E-state index is 0.481. The fourth-order valence-electron chi connectivity index (χ4n) is 1.55. The third-order valence-electron chi connectivity index (χ3n) is 2.40. The minimum atomic E-state index is 0.481. The summed E-state index contributed by atoms with van der Waals surface area (Å²) in [5.41, 5.74) is 0. The van der Waals surface area contributed by atoms with Gasteiger partial charge in [0.2, 0.25) is 0 Å². The fourth-order valence-corrected chi connectivity index (χ4v) is 1.55. The van der Waals surface area contributed by atoms with Crippen molar-refractivity contribution >= 4 is 0 Å². The predicted octanol–water partition coefficient (Wildman–Crippen LogP) is 1.82. The standard InChI is InChI=1S/C9H15N3/c1-6(2)8-10-11-9(12(8)3)7-4-5-7/h6-7H,4-5H2,1-3H3. The summed E-state index contributed by atoms with van der Waals surface area (Å²) in [4.78, 5) is 0. The molecule has 0 saturated heterocycles. The summed E-state index contributed by atoms with van der Waals surface area (Å²) in [6, 6.07) is 0. The number of rotatable bonds is 2. The zero-order chi connectivity index (χ0) is 8.72. The highest BCUT2D eigenvalue weighted by atomic mass is 15.3. The van der Waals surface area contributed by atoms with Gasteiger partial charge in [-0.05, 0) is 12.8 Å². The quantitative estimate of drug-likeness (QED) is 0.669. The van der Waals surface area contributed by atoms with E-state index in [0.717, 1.165) is 5.82 Å². The van der Waals surface area contributed by atoms with Gasteiger partial charge in [0.25, 0.3) is 0 Å². The lowest BCUT2D eigenvalue weighted by Gasteiger charge is -2.04. The number of hydrogen-bond acceptors (Lipinski definition) is 2. The van der Waals surface area contributed by atoms with Gasteiger partial charge in [0, 0.05) is 18.9 Å². The minimum Gasteiger partial charge on any atom is -0.318 e. The molecule has 1 fully saturated rings. The zero-order valence-electron chi connectivity index (χ0n) is 7.91. The summed E-state index contributed by atoms with van der Waals surface area (Å²) in [6.07, 6.45) is 2.59. The molecular formula is C9H15N3. The van der Waals surface area contributed by atoms with Crippen molar-refractivity contribution in [3.63, 3.8) is 0 Å². The van der Waals surface area contributed by atoms with Gasteiger partial charge in [-0.1, -0.05) is 13.8 Å². The van der Waals surface area contributed by atoms with Crippen molar-refractivity contribution in [2.45, 2.75) is 38.5 Å². The Bertz CT molecular complexity index is 264. The van der Waals surface area contributed by atoms with Crippen LogP contribution < -0.4 is 0 Å². The molecule has 0 bridgehead atoms. The van der Waals surface area contributed by atoms with Gasteiger partial charge in [0.05, 0.1) is 0 Å². The molecule has 0 unspecified atom stereocenters. The number of aromatic nitrogens is 3. The first-order valence-corrected chi connectivity index (χ1v) is 4.59. The van der Waals surface area contributed by atoms with E-state index in [1.807, 2.05) is 0 Å². The van der Waals surface area contributed by atoms with Crippen LogP contribution in [0, 0.1) is 0 Å². The van der Waals surface area contributed by atoms with E-state index in [2.05, 4.69) is 35.7 Å². The van der Waals surface area contributed by atoms with Crippen LogP contribution in [0.15, 0.2) is 0 Å². The summed E-state index contributed by atoms with van der Waals surface area (Å²) in [6.45, 7) is 4.31. The van der Waals surface area contributed by atoms with Crippen LogP contribution in [-0.2, 0) is 7.05 Å². The maximum atomic E-state index is 4.21. The molecule has 1 saturated carbocycles. The third kappa shape index (κ3) is 1.13. The van der Waals surface area contributed by atoms with E-state index in [4.69, 9.17) is 0 Å². The van der Waals surface area contributed by atoms with E-state index >= 15 is 0 Å². The normalized spacial score (nSPS) is 17.3. The van der Waals surface area contributed by atoms with Gasteiger partial charge in [0.1, 0.15) is 11.6 Å². The Morgan fingerprint density at radius 1 is 1.33 bits per heavy atom. The van der Waals surface area contributed by atoms with Gasteiger partial charge >= 0.3 is 0 Å². The molecule has 1 aromatic rings. The second kappa shape index (κ2) is 2.57. The molecule has 3 heteroatoms. The Morgan fingerprint density at radius 2 is 2.00 bits per heavy atom. The van der Waals surface area contributed by atoms with E-state index in [-0.39, 0.29) is 0 Å². The Labute approximate surface area is 72.8 Å². The molecule has 0 aromatic carbocycles. The van der Waals surface area contributed by atoms with Gasteiger partial charge in [0.15, 0.2) is 0 Å². The molecule has 1 aliphatic carbocycles. The van der Waals surface area contributed by atoms with Crippen LogP contribution in [0.1, 0.15) is 50.2 Å². The lowest BCUT2D eigenvalue weighted by atomic mass is 10.2. The molecule has 0 N–H and O–H groups in total. The van der Waals surface area contributed by atoms with Crippen LogP contribution >= 0.6 is 0 Å². The monoisotopic (exact) mass is 165 g/mol. The summed E-state index contributed by atoms with van der Waals surface area (Å²) >= 11 is 0. The number of nitrogens with zero attached hydrogens (tertiary/aromatic N) is 3. The zero-order valence-corrected chi connectivity index (χ0v) is 7.91. The van der Waals surface area contributed by atoms with Crippen molar-refractivity contribution in [2.24, 2.45) is 7.05 Å². The number of hydrogen-bond donors (Lipinski definition) is 0. The third-order valence-corrected chi connectivity index (χ3v) is 2.40. The molecule has 0 atom stereocenters. The van der Waals surface area contributed by atoms with Crippen LogP contribution in [-0.4, -0.2) is 14.8 Å². The van der Waals surface area contributed by atoms with Gasteiger partial charge in [-0.2, -0.15) is 0 Å². The second-order valence-corrected chi connectivity index (χ2v) is 3.90. The largest absolute Gasteiger partial charge is 0.318 e. The first kappa shape index (κ1) is 7.77. The van der Waals surface area contributed by atoms with Crippen molar-refractivity contribution in [2.75, 3.05) is 0 Å². The first-order chi connectivity index (χ1) is 5.70. The second-order valence-electron chi connectivity index (χ2n) is 3.90. The highest BCUT2D eigenvalue weighted by molar-refractivity contribution is 5.09. The lowest BCUT2D eigenvalue weighted by molar-refractivity contribution is 0.689. The topological polar surface area (TPSA) is 30.7 Å². The van der Waals surface area contributed by atoms with E-state index in [9.17, 15) is 0 Å². The predicted molar refractivity (Wildman–Crippen MR) is 47.1 cm³/mol. The van der Waals surface area contributed by atoms with Crippen molar-refractivity contribution in [1.82, 2.24) is 14.8 Å². The summed E-state index contributed by atoms with van der Waals surface area (Å²) in [7, 11) is 2.07. The smallest absolute Gasteiger partial charge is 0.135 e. The summed E-state index contributed by atoms with van der Waals surface area (Å²) in [5, 5.41) is 8.40. The molecular weight excluding hydrogens is 150 g/mol. The van der Waals surface area contributed by atoms with Crippen LogP contribution in [0.5, 0.6) is 0 Å². The lowest BCUT2D eigenvalue weighted by Crippen LogP contribution is -2.02. The Balaban J connectivity index is 2.33. The maximum absolute atomic E-state index is 4.21. The molecule has 1 aromatic heterocycles. The summed E-state index contributed by atoms with van der Waals surface area (Å²) < 4.78 is 2.16. The van der Waals surface area contributed by atoms with Crippen molar-refractivity contribution in [3.05, 3.63) is 11.6 Å². The molecule has 3 nitrogen and oxygen atoms in total. The van der Waals surface area contributed by atoms with Crippen LogP contribution in [0.2, 0.25) is 0 Å². The average Bonchev–Trinajstić information content (AvgIpc) is 2.75. The molecule has 0 aliphatic heterocycles. The molecule has 0 amide bonds. The van der Waals surface area contributed by atoms with Crippen LogP contribution in [0.4, 0.5) is 0 Å². The molecule has 1 aliphatic rings. The van der Waals surface area contributed by atoms with E-state index in [1.54, 1.807) is 0 Å². The van der Waals surface area contributed by atoms with Gasteiger partial charge in [-0.15, -0.1) is 10.2 Å². The van der Waals surface area contributed by atoms with Crippen molar-refractivity contribution in [3.8, 4) is 0 Å². The van der Waals surface area contributed by atoms with E-state index in [1.165, 1.54) is 18.7 Å². The first-order valence-electron chi connectivity index (χ1n) is 4.59. The highest BCUT2D eigenvalue weighted by Crippen LogP contribution is 2.39. The Kier molecular flexibility index (Phi) is 1.67. The van der Waals surface area contributed by atoms with E-state index in [0.29, 0.717) is 11.8 Å².